The van der Waals surface area contributed by atoms with E-state index in [2.05, 4.69) is 276 Å². The summed E-state index contributed by atoms with van der Waals surface area (Å²) in [6.45, 7) is 0. The van der Waals surface area contributed by atoms with Crippen molar-refractivity contribution in [1.29, 1.82) is 0 Å². The number of hydrogen-bond acceptors (Lipinski definition) is 1. The quantitative estimate of drug-likeness (QED) is 0.138. The smallest absolute Gasteiger partial charge is 0.0547 e. The summed E-state index contributed by atoms with van der Waals surface area (Å²) in [6.07, 6.45) is 0. The van der Waals surface area contributed by atoms with Crippen LogP contribution in [-0.4, -0.2) is 4.57 Å². The Morgan fingerprint density at radius 1 is 0.265 bits per heavy atom. The molecule has 2 nitrogen and oxygen atoms in total. The molecule has 13 rings (SSSR count). The van der Waals surface area contributed by atoms with Crippen molar-refractivity contribution in [3.63, 3.8) is 0 Å². The lowest BCUT2D eigenvalue weighted by atomic mass is 9.93. The molecule has 0 aliphatic heterocycles. The van der Waals surface area contributed by atoms with Crippen molar-refractivity contribution < 1.29 is 0 Å². The van der Waals surface area contributed by atoms with E-state index in [1.54, 1.807) is 0 Å². The highest BCUT2D eigenvalue weighted by Gasteiger charge is 2.21. The number of aromatic nitrogens is 1. The molecular formula is C66H44N2. The molecule has 1 aromatic heterocycles. The van der Waals surface area contributed by atoms with Crippen LogP contribution in [0.4, 0.5) is 17.1 Å². The Morgan fingerprint density at radius 2 is 0.794 bits per heavy atom. The normalized spacial score (nSPS) is 11.5. The molecule has 0 aliphatic rings. The van der Waals surface area contributed by atoms with Gasteiger partial charge in [-0.15, -0.1) is 0 Å². The van der Waals surface area contributed by atoms with E-state index in [0.717, 1.165) is 39.4 Å². The van der Waals surface area contributed by atoms with Crippen molar-refractivity contribution in [2.75, 3.05) is 4.90 Å². The lowest BCUT2D eigenvalue weighted by Gasteiger charge is -2.29. The Hall–Kier alpha value is -8.98. The second-order valence-electron chi connectivity index (χ2n) is 17.7. The van der Waals surface area contributed by atoms with Crippen LogP contribution in [0.2, 0.25) is 0 Å². The Balaban J connectivity index is 0.990. The lowest BCUT2D eigenvalue weighted by Crippen LogP contribution is -2.11. The highest BCUT2D eigenvalue weighted by atomic mass is 15.1. The second-order valence-corrected chi connectivity index (χ2v) is 17.7. The van der Waals surface area contributed by atoms with E-state index >= 15 is 0 Å². The van der Waals surface area contributed by atoms with E-state index in [1.807, 2.05) is 0 Å². The van der Waals surface area contributed by atoms with Crippen molar-refractivity contribution in [3.8, 4) is 50.2 Å². The fraction of sp³-hybridized carbons (Fsp3) is 0. The van der Waals surface area contributed by atoms with Gasteiger partial charge >= 0.3 is 0 Å². The Morgan fingerprint density at radius 3 is 1.54 bits per heavy atom. The molecule has 0 atom stereocenters. The Kier molecular flexibility index (Phi) is 9.54. The molecule has 0 saturated heterocycles. The van der Waals surface area contributed by atoms with Gasteiger partial charge in [-0.3, -0.25) is 0 Å². The van der Waals surface area contributed by atoms with Gasteiger partial charge in [-0.05, 0) is 126 Å². The van der Waals surface area contributed by atoms with Gasteiger partial charge in [0.1, 0.15) is 0 Å². The van der Waals surface area contributed by atoms with E-state index in [-0.39, 0.29) is 0 Å². The van der Waals surface area contributed by atoms with Gasteiger partial charge in [0, 0.05) is 33.4 Å². The topological polar surface area (TPSA) is 8.17 Å². The van der Waals surface area contributed by atoms with Crippen LogP contribution in [0.3, 0.4) is 0 Å². The third-order valence-corrected chi connectivity index (χ3v) is 13.8. The van der Waals surface area contributed by atoms with Gasteiger partial charge in [-0.1, -0.05) is 212 Å². The maximum absolute atomic E-state index is 2.44. The first-order chi connectivity index (χ1) is 33.7. The number of para-hydroxylation sites is 1. The van der Waals surface area contributed by atoms with Gasteiger partial charge in [0.2, 0.25) is 0 Å². The highest BCUT2D eigenvalue weighted by molar-refractivity contribution is 6.21. The molecular weight excluding hydrogens is 821 g/mol. The van der Waals surface area contributed by atoms with Gasteiger partial charge in [-0.25, -0.2) is 0 Å². The number of rotatable bonds is 8. The summed E-state index contributed by atoms with van der Waals surface area (Å²) in [5.74, 6) is 0. The Labute approximate surface area is 395 Å². The van der Waals surface area contributed by atoms with Crippen molar-refractivity contribution in [2.45, 2.75) is 0 Å². The SMILES string of the molecule is c1ccc(-c2ccc(-c3ccccc3)c(N(c3ccc(-c4ccc(-n5c6ccccc6c6c7ccccc7ccc65)cc4-c4ccccc4)cc3)c3ccc4c(ccc5ccccc54)c3)c2)cc1. The fourth-order valence-electron chi connectivity index (χ4n) is 10.5. The molecule has 1 heterocycles. The summed E-state index contributed by atoms with van der Waals surface area (Å²) in [6, 6.07) is 97.6. The summed E-state index contributed by atoms with van der Waals surface area (Å²) in [5, 5.41) is 10.0. The van der Waals surface area contributed by atoms with E-state index in [1.165, 1.54) is 81.9 Å². The fourth-order valence-corrected chi connectivity index (χ4v) is 10.5. The number of nitrogens with zero attached hydrogens (tertiary/aromatic N) is 2. The summed E-state index contributed by atoms with van der Waals surface area (Å²) in [5.41, 5.74) is 16.2. The third-order valence-electron chi connectivity index (χ3n) is 13.8. The minimum Gasteiger partial charge on any atom is -0.310 e. The molecule has 2 heteroatoms. The van der Waals surface area contributed by atoms with Crippen LogP contribution < -0.4 is 4.90 Å². The molecule has 0 N–H and O–H groups in total. The summed E-state index contributed by atoms with van der Waals surface area (Å²) in [7, 11) is 0. The molecule has 13 aromatic rings. The van der Waals surface area contributed by atoms with Gasteiger partial charge in [-0.2, -0.15) is 0 Å². The molecule has 0 amide bonds. The molecule has 0 fully saturated rings. The van der Waals surface area contributed by atoms with Crippen molar-refractivity contribution in [2.24, 2.45) is 0 Å². The minimum absolute atomic E-state index is 1.08. The van der Waals surface area contributed by atoms with Gasteiger partial charge < -0.3 is 9.47 Å². The first-order valence-corrected chi connectivity index (χ1v) is 23.4. The first-order valence-electron chi connectivity index (χ1n) is 23.4. The van der Waals surface area contributed by atoms with Crippen LogP contribution in [0.25, 0.3) is 104 Å². The molecule has 12 aromatic carbocycles. The predicted octanol–water partition coefficient (Wildman–Crippen LogP) is 18.4. The van der Waals surface area contributed by atoms with Gasteiger partial charge in [0.05, 0.1) is 16.7 Å². The maximum Gasteiger partial charge on any atom is 0.0547 e. The zero-order chi connectivity index (χ0) is 45.0. The third kappa shape index (κ3) is 6.73. The zero-order valence-corrected chi connectivity index (χ0v) is 37.3. The average Bonchev–Trinajstić information content (AvgIpc) is 3.76. The number of fused-ring (bicyclic) bond motifs is 8. The van der Waals surface area contributed by atoms with Crippen LogP contribution in [0.15, 0.2) is 267 Å². The van der Waals surface area contributed by atoms with E-state index in [9.17, 15) is 0 Å². The monoisotopic (exact) mass is 864 g/mol. The largest absolute Gasteiger partial charge is 0.310 e. The summed E-state index contributed by atoms with van der Waals surface area (Å²) in [4.78, 5) is 2.44. The highest BCUT2D eigenvalue weighted by Crippen LogP contribution is 2.46. The first kappa shape index (κ1) is 39.4. The maximum atomic E-state index is 2.44. The number of anilines is 3. The van der Waals surface area contributed by atoms with E-state index < -0.39 is 0 Å². The van der Waals surface area contributed by atoms with Crippen molar-refractivity contribution in [1.82, 2.24) is 4.57 Å². The van der Waals surface area contributed by atoms with E-state index in [0.29, 0.717) is 0 Å². The molecule has 318 valence electrons. The minimum atomic E-state index is 1.08. The lowest BCUT2D eigenvalue weighted by molar-refractivity contribution is 1.18. The Bertz CT molecular complexity index is 4000. The molecule has 0 unspecified atom stereocenters. The predicted molar refractivity (Wildman–Crippen MR) is 290 cm³/mol. The van der Waals surface area contributed by atoms with Crippen LogP contribution in [0.1, 0.15) is 0 Å². The zero-order valence-electron chi connectivity index (χ0n) is 37.3. The van der Waals surface area contributed by atoms with Crippen molar-refractivity contribution in [3.05, 3.63) is 267 Å². The standard InChI is InChI=1S/C66H44N2/c1-4-16-45(17-5-1)51-32-38-59(46-18-6-2-7-19-46)65(43-51)67(54-36-40-58-52(42-54)29-28-48-22-10-12-24-56(48)58)53-34-30-50(31-35-53)57-39-37-55(44-62(57)47-20-8-3-9-21-47)68-63-27-15-14-26-61(63)66-60-25-13-11-23-49(60)33-41-64(66)68/h1-44H. The molecule has 0 aliphatic carbocycles. The second kappa shape index (κ2) is 16.5. The van der Waals surface area contributed by atoms with Crippen LogP contribution in [0, 0.1) is 0 Å². The van der Waals surface area contributed by atoms with Crippen molar-refractivity contribution >= 4 is 71.2 Å². The molecule has 0 radical (unpaired) electrons. The van der Waals surface area contributed by atoms with Crippen LogP contribution in [0.5, 0.6) is 0 Å². The number of hydrogen-bond donors (Lipinski definition) is 0. The van der Waals surface area contributed by atoms with E-state index in [4.69, 9.17) is 0 Å². The molecule has 68 heavy (non-hydrogen) atoms. The average molecular weight is 865 g/mol. The summed E-state index contributed by atoms with van der Waals surface area (Å²) < 4.78 is 2.44. The molecule has 0 bridgehead atoms. The molecule has 0 saturated carbocycles. The van der Waals surface area contributed by atoms with Crippen LogP contribution in [-0.2, 0) is 0 Å². The van der Waals surface area contributed by atoms with Crippen LogP contribution >= 0.6 is 0 Å². The van der Waals surface area contributed by atoms with Gasteiger partial charge in [0.25, 0.3) is 0 Å². The summed E-state index contributed by atoms with van der Waals surface area (Å²) >= 11 is 0. The number of benzene rings is 12. The van der Waals surface area contributed by atoms with Gasteiger partial charge in [0.15, 0.2) is 0 Å². The molecule has 0 spiro atoms.